The molecule has 1 N–H and O–H groups in total. The summed E-state index contributed by atoms with van der Waals surface area (Å²) in [6.07, 6.45) is 6.07. The van der Waals surface area contributed by atoms with Gasteiger partial charge in [-0.1, -0.05) is 13.8 Å². The topological polar surface area (TPSA) is 25.2 Å². The first kappa shape index (κ1) is 14.0. The van der Waals surface area contributed by atoms with E-state index in [0.717, 1.165) is 35.7 Å². The molecular weight excluding hydrogens is 242 g/mol. The molecule has 3 heteroatoms. The second-order valence-electron chi connectivity index (χ2n) is 5.65. The Morgan fingerprint density at radius 2 is 2.00 bits per heavy atom. The van der Waals surface area contributed by atoms with Crippen LogP contribution in [0.3, 0.4) is 0 Å². The summed E-state index contributed by atoms with van der Waals surface area (Å²) in [6, 6.07) is 4.87. The molecule has 1 saturated carbocycles. The van der Waals surface area contributed by atoms with Gasteiger partial charge in [-0.15, -0.1) is 0 Å². The van der Waals surface area contributed by atoms with Crippen molar-refractivity contribution in [3.8, 4) is 0 Å². The molecule has 0 aliphatic heterocycles. The van der Waals surface area contributed by atoms with Crippen molar-refractivity contribution in [2.24, 2.45) is 11.8 Å². The average Bonchev–Trinajstić information content (AvgIpc) is 2.79. The molecule has 1 aromatic rings. The summed E-state index contributed by atoms with van der Waals surface area (Å²) in [5.41, 5.74) is 0. The molecule has 0 aromatic carbocycles. The highest BCUT2D eigenvalue weighted by atomic mass is 32.2. The molecule has 1 aliphatic carbocycles. The van der Waals surface area contributed by atoms with Crippen molar-refractivity contribution in [2.75, 3.05) is 6.26 Å². The van der Waals surface area contributed by atoms with E-state index in [4.69, 9.17) is 4.42 Å². The Morgan fingerprint density at radius 3 is 2.72 bits per heavy atom. The van der Waals surface area contributed by atoms with E-state index in [1.807, 2.05) is 0 Å². The molecule has 18 heavy (non-hydrogen) atoms. The second-order valence-corrected chi connectivity index (χ2v) is 6.51. The third kappa shape index (κ3) is 3.79. The van der Waals surface area contributed by atoms with Crippen molar-refractivity contribution >= 4 is 11.8 Å². The lowest BCUT2D eigenvalue weighted by molar-refractivity contribution is 0.222. The quantitative estimate of drug-likeness (QED) is 0.871. The van der Waals surface area contributed by atoms with Crippen LogP contribution in [0.2, 0.25) is 0 Å². The van der Waals surface area contributed by atoms with E-state index in [2.05, 4.69) is 37.6 Å². The monoisotopic (exact) mass is 267 g/mol. The summed E-state index contributed by atoms with van der Waals surface area (Å²) in [7, 11) is 0. The van der Waals surface area contributed by atoms with Crippen molar-refractivity contribution in [3.05, 3.63) is 23.7 Å². The van der Waals surface area contributed by atoms with Crippen LogP contribution < -0.4 is 5.32 Å². The standard InChI is InChI=1S/C15H25NOS/c1-11-4-5-13(8-12(11)2)16-9-14-6-7-15(17-14)10-18-3/h6-7,11-13,16H,4-5,8-10H2,1-3H3. The molecule has 0 amide bonds. The van der Waals surface area contributed by atoms with E-state index in [-0.39, 0.29) is 0 Å². The number of thioether (sulfide) groups is 1. The minimum absolute atomic E-state index is 0.672. The maximum atomic E-state index is 5.78. The Morgan fingerprint density at radius 1 is 1.22 bits per heavy atom. The van der Waals surface area contributed by atoms with Gasteiger partial charge < -0.3 is 9.73 Å². The third-order valence-electron chi connectivity index (χ3n) is 4.17. The van der Waals surface area contributed by atoms with Gasteiger partial charge in [-0.2, -0.15) is 11.8 Å². The van der Waals surface area contributed by atoms with Crippen LogP contribution in [0.25, 0.3) is 0 Å². The zero-order chi connectivity index (χ0) is 13.0. The van der Waals surface area contributed by atoms with Gasteiger partial charge in [0.1, 0.15) is 11.5 Å². The molecule has 1 heterocycles. The molecule has 0 saturated heterocycles. The molecule has 0 spiro atoms. The van der Waals surface area contributed by atoms with Crippen LogP contribution in [0.5, 0.6) is 0 Å². The summed E-state index contributed by atoms with van der Waals surface area (Å²) in [5, 5.41) is 3.64. The SMILES string of the molecule is CSCc1ccc(CNC2CCC(C)C(C)C2)o1. The lowest BCUT2D eigenvalue weighted by atomic mass is 9.79. The number of nitrogens with one attached hydrogen (secondary N) is 1. The lowest BCUT2D eigenvalue weighted by Gasteiger charge is -2.32. The average molecular weight is 267 g/mol. The van der Waals surface area contributed by atoms with Crippen LogP contribution in [0.15, 0.2) is 16.5 Å². The molecule has 0 radical (unpaired) electrons. The van der Waals surface area contributed by atoms with Gasteiger partial charge >= 0.3 is 0 Å². The molecule has 2 nitrogen and oxygen atoms in total. The van der Waals surface area contributed by atoms with Crippen LogP contribution in [-0.4, -0.2) is 12.3 Å². The van der Waals surface area contributed by atoms with E-state index in [1.165, 1.54) is 19.3 Å². The van der Waals surface area contributed by atoms with Gasteiger partial charge in [-0.25, -0.2) is 0 Å². The van der Waals surface area contributed by atoms with Gasteiger partial charge in [0.2, 0.25) is 0 Å². The minimum Gasteiger partial charge on any atom is -0.464 e. The number of rotatable bonds is 5. The van der Waals surface area contributed by atoms with E-state index in [9.17, 15) is 0 Å². The van der Waals surface area contributed by atoms with Crippen LogP contribution in [0.4, 0.5) is 0 Å². The maximum absolute atomic E-state index is 5.78. The molecule has 3 unspecified atom stereocenters. The Bertz CT molecular complexity index is 363. The summed E-state index contributed by atoms with van der Waals surface area (Å²) in [6.45, 7) is 5.63. The van der Waals surface area contributed by atoms with E-state index < -0.39 is 0 Å². The Kier molecular flexibility index (Phi) is 5.19. The van der Waals surface area contributed by atoms with Crippen LogP contribution in [0, 0.1) is 11.8 Å². The van der Waals surface area contributed by atoms with E-state index in [0.29, 0.717) is 6.04 Å². The van der Waals surface area contributed by atoms with E-state index >= 15 is 0 Å². The third-order valence-corrected chi connectivity index (χ3v) is 4.74. The van der Waals surface area contributed by atoms with Crippen molar-refractivity contribution in [1.82, 2.24) is 5.32 Å². The van der Waals surface area contributed by atoms with Gasteiger partial charge in [-0.3, -0.25) is 0 Å². The number of hydrogen-bond acceptors (Lipinski definition) is 3. The van der Waals surface area contributed by atoms with Crippen LogP contribution in [-0.2, 0) is 12.3 Å². The highest BCUT2D eigenvalue weighted by Crippen LogP contribution is 2.29. The first-order chi connectivity index (χ1) is 8.69. The van der Waals surface area contributed by atoms with Gasteiger partial charge in [0.25, 0.3) is 0 Å². The van der Waals surface area contributed by atoms with Gasteiger partial charge in [0.15, 0.2) is 0 Å². The molecular formula is C15H25NOS. The molecule has 1 aliphatic rings. The van der Waals surface area contributed by atoms with Crippen LogP contribution >= 0.6 is 11.8 Å². The smallest absolute Gasteiger partial charge is 0.118 e. The predicted octanol–water partition coefficient (Wildman–Crippen LogP) is 4.06. The van der Waals surface area contributed by atoms with Gasteiger partial charge in [0, 0.05) is 6.04 Å². The fourth-order valence-corrected chi connectivity index (χ4v) is 3.15. The first-order valence-corrected chi connectivity index (χ1v) is 8.38. The Balaban J connectivity index is 1.77. The summed E-state index contributed by atoms with van der Waals surface area (Å²) >= 11 is 1.80. The van der Waals surface area contributed by atoms with Crippen molar-refractivity contribution < 1.29 is 4.42 Å². The minimum atomic E-state index is 0.672. The summed E-state index contributed by atoms with van der Waals surface area (Å²) < 4.78 is 5.78. The van der Waals surface area contributed by atoms with Gasteiger partial charge in [-0.05, 0) is 49.5 Å². The van der Waals surface area contributed by atoms with Crippen LogP contribution in [0.1, 0.15) is 44.6 Å². The van der Waals surface area contributed by atoms with Crippen molar-refractivity contribution in [2.45, 2.75) is 51.4 Å². The fourth-order valence-electron chi connectivity index (χ4n) is 2.72. The predicted molar refractivity (Wildman–Crippen MR) is 78.7 cm³/mol. The summed E-state index contributed by atoms with van der Waals surface area (Å²) in [5.74, 6) is 4.87. The molecule has 1 fully saturated rings. The first-order valence-electron chi connectivity index (χ1n) is 6.99. The lowest BCUT2D eigenvalue weighted by Crippen LogP contribution is -2.35. The second kappa shape index (κ2) is 6.67. The molecule has 2 rings (SSSR count). The number of hydrogen-bond donors (Lipinski definition) is 1. The van der Waals surface area contributed by atoms with Crippen molar-refractivity contribution in [1.29, 1.82) is 0 Å². The zero-order valence-corrected chi connectivity index (χ0v) is 12.6. The zero-order valence-electron chi connectivity index (χ0n) is 11.7. The Hall–Kier alpha value is -0.410. The fraction of sp³-hybridized carbons (Fsp3) is 0.733. The normalized spacial score (nSPS) is 28.5. The largest absolute Gasteiger partial charge is 0.464 e. The highest BCUT2D eigenvalue weighted by molar-refractivity contribution is 7.97. The maximum Gasteiger partial charge on any atom is 0.118 e. The highest BCUT2D eigenvalue weighted by Gasteiger charge is 2.24. The van der Waals surface area contributed by atoms with Crippen molar-refractivity contribution in [3.63, 3.8) is 0 Å². The van der Waals surface area contributed by atoms with Gasteiger partial charge in [0.05, 0.1) is 12.3 Å². The summed E-state index contributed by atoms with van der Waals surface area (Å²) in [4.78, 5) is 0. The Labute approximate surface area is 115 Å². The number of furan rings is 1. The van der Waals surface area contributed by atoms with E-state index in [1.54, 1.807) is 11.8 Å². The molecule has 0 bridgehead atoms. The molecule has 3 atom stereocenters. The molecule has 102 valence electrons. The molecule has 1 aromatic heterocycles.